The number of anilines is 1. The number of nitrogens with one attached hydrogen (secondary N) is 1. The third-order valence-electron chi connectivity index (χ3n) is 4.04. The Morgan fingerprint density at radius 2 is 1.70 bits per heavy atom. The highest BCUT2D eigenvalue weighted by Gasteiger charge is 2.46. The van der Waals surface area contributed by atoms with Crippen molar-refractivity contribution in [1.29, 1.82) is 0 Å². The zero-order valence-electron chi connectivity index (χ0n) is 19.7. The van der Waals surface area contributed by atoms with Crippen LogP contribution in [0.25, 0.3) is 0 Å². The molecule has 1 N–H and O–H groups in total. The summed E-state index contributed by atoms with van der Waals surface area (Å²) in [5.41, 5.74) is -3.99. The largest absolute Gasteiger partial charge is 0.516 e. The lowest BCUT2D eigenvalue weighted by atomic mass is 10.1. The van der Waals surface area contributed by atoms with Crippen molar-refractivity contribution in [2.24, 2.45) is 5.10 Å². The van der Waals surface area contributed by atoms with Crippen molar-refractivity contribution in [1.82, 2.24) is 5.01 Å². The maximum atomic E-state index is 12.7. The summed E-state index contributed by atoms with van der Waals surface area (Å²) < 4.78 is 62.6. The van der Waals surface area contributed by atoms with Gasteiger partial charge in [-0.15, -0.1) is 0 Å². The van der Waals surface area contributed by atoms with Crippen LogP contribution in [0.15, 0.2) is 23.3 Å². The second-order valence-electron chi connectivity index (χ2n) is 6.21. The van der Waals surface area contributed by atoms with Crippen LogP contribution >= 0.6 is 0 Å². The van der Waals surface area contributed by atoms with Crippen molar-refractivity contribution >= 4 is 21.4 Å². The van der Waals surface area contributed by atoms with Gasteiger partial charge in [0.15, 0.2) is 0 Å². The minimum atomic E-state index is -5.50. The summed E-state index contributed by atoms with van der Waals surface area (Å²) in [5, 5.41) is 6.25. The average Bonchev–Trinajstić information content (AvgIpc) is 2.69. The molecule has 9 heteroatoms. The number of alkyl halides is 3. The Labute approximate surface area is 180 Å². The summed E-state index contributed by atoms with van der Waals surface area (Å²) in [6.07, 6.45) is 2.80. The molecule has 0 saturated carbocycles. The van der Waals surface area contributed by atoms with E-state index in [1.54, 1.807) is 35.7 Å². The van der Waals surface area contributed by atoms with Gasteiger partial charge in [0.25, 0.3) is 0 Å². The van der Waals surface area contributed by atoms with Crippen LogP contribution < -0.4 is 4.72 Å². The number of hydrazone groups is 1. The smallest absolute Gasteiger partial charge is 0.297 e. The Morgan fingerprint density at radius 3 is 2.13 bits per heavy atom. The van der Waals surface area contributed by atoms with E-state index in [9.17, 15) is 21.6 Å². The maximum Gasteiger partial charge on any atom is 0.516 e. The highest BCUT2D eigenvalue weighted by Crippen LogP contribution is 2.28. The van der Waals surface area contributed by atoms with Crippen molar-refractivity contribution in [3.63, 3.8) is 0 Å². The quantitative estimate of drug-likeness (QED) is 0.359. The van der Waals surface area contributed by atoms with Gasteiger partial charge in [0.05, 0.1) is 11.4 Å². The molecule has 0 aliphatic rings. The second-order valence-corrected chi connectivity index (χ2v) is 7.88. The zero-order chi connectivity index (χ0) is 24.1. The Balaban J connectivity index is 0. The van der Waals surface area contributed by atoms with E-state index in [1.807, 2.05) is 41.7 Å². The van der Waals surface area contributed by atoms with Gasteiger partial charge in [-0.2, -0.15) is 26.7 Å². The number of sulfonamides is 1. The molecule has 0 bridgehead atoms. The summed E-state index contributed by atoms with van der Waals surface area (Å²) in [6, 6.07) is 4.67. The maximum absolute atomic E-state index is 12.7. The minimum absolute atomic E-state index is 0.147. The van der Waals surface area contributed by atoms with E-state index in [4.69, 9.17) is 0 Å². The van der Waals surface area contributed by atoms with E-state index in [2.05, 4.69) is 12.0 Å². The molecule has 176 valence electrons. The van der Waals surface area contributed by atoms with Crippen LogP contribution in [0.2, 0.25) is 0 Å². The van der Waals surface area contributed by atoms with Gasteiger partial charge in [-0.1, -0.05) is 59.6 Å². The van der Waals surface area contributed by atoms with Crippen LogP contribution in [0.4, 0.5) is 18.9 Å². The van der Waals surface area contributed by atoms with Gasteiger partial charge in [0.2, 0.25) is 0 Å². The number of nitrogens with zero attached hydrogens (tertiary/aromatic N) is 2. The first kappa shape index (κ1) is 30.4. The van der Waals surface area contributed by atoms with Gasteiger partial charge in [-0.05, 0) is 38.8 Å². The van der Waals surface area contributed by atoms with Crippen molar-refractivity contribution in [3.05, 3.63) is 29.3 Å². The molecule has 5 nitrogen and oxygen atoms in total. The monoisotopic (exact) mass is 453 g/mol. The van der Waals surface area contributed by atoms with Gasteiger partial charge in [0, 0.05) is 18.7 Å². The Morgan fingerprint density at radius 1 is 1.17 bits per heavy atom. The van der Waals surface area contributed by atoms with Crippen molar-refractivity contribution in [3.8, 4) is 0 Å². The first-order valence-corrected chi connectivity index (χ1v) is 11.9. The first-order valence-electron chi connectivity index (χ1n) is 10.4. The van der Waals surface area contributed by atoms with Crippen LogP contribution in [0.1, 0.15) is 78.9 Å². The number of hydrogen-bond donors (Lipinski definition) is 1. The lowest BCUT2D eigenvalue weighted by Crippen LogP contribution is -2.31. The van der Waals surface area contributed by atoms with Crippen molar-refractivity contribution in [2.45, 2.75) is 86.2 Å². The van der Waals surface area contributed by atoms with Gasteiger partial charge in [-0.25, -0.2) is 0 Å². The molecule has 1 rings (SSSR count). The molecule has 1 atom stereocenters. The third-order valence-corrected chi connectivity index (χ3v) is 5.14. The Hall–Kier alpha value is -1.77. The highest BCUT2D eigenvalue weighted by molar-refractivity contribution is 7.93. The number of benzene rings is 1. The van der Waals surface area contributed by atoms with Gasteiger partial charge in [0.1, 0.15) is 0 Å². The van der Waals surface area contributed by atoms with E-state index in [1.165, 1.54) is 6.07 Å². The molecule has 0 aromatic heterocycles. The fourth-order valence-corrected chi connectivity index (χ4v) is 3.19. The standard InChI is InChI=1S/C17H26F3N3O2S.2C2H6/c1-6-8-14(7-2)23(5)21-13(4)15-11-12(3)9-10-16(15)22-26(24,25)17(18,19)20;2*1-2/h9-11,14,22H,6-8H2,1-5H3;2*1-2H3/b21-13+;;. The van der Waals surface area contributed by atoms with E-state index in [-0.39, 0.29) is 11.7 Å². The van der Waals surface area contributed by atoms with E-state index in [0.717, 1.165) is 24.8 Å². The molecule has 0 aliphatic heterocycles. The molecule has 1 aromatic rings. The summed E-state index contributed by atoms with van der Waals surface area (Å²) in [4.78, 5) is 0. The molecule has 0 amide bonds. The number of aryl methyl sites for hydroxylation is 1. The van der Waals surface area contributed by atoms with Gasteiger partial charge < -0.3 is 0 Å². The summed E-state index contributed by atoms with van der Waals surface area (Å²) >= 11 is 0. The van der Waals surface area contributed by atoms with E-state index in [0.29, 0.717) is 11.3 Å². The van der Waals surface area contributed by atoms with Crippen molar-refractivity contribution in [2.75, 3.05) is 11.8 Å². The number of hydrogen-bond acceptors (Lipinski definition) is 4. The van der Waals surface area contributed by atoms with E-state index >= 15 is 0 Å². The molecule has 0 fully saturated rings. The molecule has 0 saturated heterocycles. The molecule has 0 heterocycles. The summed E-state index contributed by atoms with van der Waals surface area (Å²) in [5.74, 6) is 0. The summed E-state index contributed by atoms with van der Waals surface area (Å²) in [7, 11) is -3.69. The lowest BCUT2D eigenvalue weighted by Gasteiger charge is -2.25. The predicted molar refractivity (Wildman–Crippen MR) is 121 cm³/mol. The number of rotatable bonds is 8. The summed E-state index contributed by atoms with van der Waals surface area (Å²) in [6.45, 7) is 15.5. The highest BCUT2D eigenvalue weighted by atomic mass is 32.2. The van der Waals surface area contributed by atoms with Crippen molar-refractivity contribution < 1.29 is 21.6 Å². The second kappa shape index (κ2) is 14.3. The predicted octanol–water partition coefficient (Wildman–Crippen LogP) is 6.54. The van der Waals surface area contributed by atoms with Gasteiger partial charge in [-0.3, -0.25) is 9.73 Å². The normalized spacial score (nSPS) is 12.7. The Kier molecular flexibility index (Phi) is 14.5. The number of halogens is 3. The SMILES string of the molecule is CC.CC.CCCC(CC)N(C)/N=C(\C)c1cc(C)ccc1NS(=O)(=O)C(F)(F)F. The van der Waals surface area contributed by atoms with Crippen LogP contribution in [0, 0.1) is 6.92 Å². The molecule has 1 aromatic carbocycles. The molecule has 0 spiro atoms. The average molecular weight is 454 g/mol. The van der Waals surface area contributed by atoms with Crippen LogP contribution in [-0.4, -0.2) is 37.7 Å². The Bertz CT molecular complexity index is 748. The molecule has 0 radical (unpaired) electrons. The minimum Gasteiger partial charge on any atom is -0.297 e. The van der Waals surface area contributed by atoms with Crippen LogP contribution in [0.3, 0.4) is 0 Å². The van der Waals surface area contributed by atoms with E-state index < -0.39 is 15.5 Å². The topological polar surface area (TPSA) is 61.8 Å². The lowest BCUT2D eigenvalue weighted by molar-refractivity contribution is -0.0429. The zero-order valence-corrected chi connectivity index (χ0v) is 20.5. The van der Waals surface area contributed by atoms with Crippen LogP contribution in [-0.2, 0) is 10.0 Å². The third kappa shape index (κ3) is 9.36. The van der Waals surface area contributed by atoms with Gasteiger partial charge >= 0.3 is 15.5 Å². The molecule has 0 aliphatic carbocycles. The molecule has 30 heavy (non-hydrogen) atoms. The fourth-order valence-electron chi connectivity index (χ4n) is 2.61. The first-order chi connectivity index (χ1) is 13.9. The molecule has 1 unspecified atom stereocenters. The molecular formula is C21H38F3N3O2S. The van der Waals surface area contributed by atoms with Crippen LogP contribution in [0.5, 0.6) is 0 Å². The fraction of sp³-hybridized carbons (Fsp3) is 0.667. The molecular weight excluding hydrogens is 415 g/mol.